The Labute approximate surface area is 119 Å². The normalized spacial score (nSPS) is 10.8. The van der Waals surface area contributed by atoms with Crippen molar-refractivity contribution in [2.75, 3.05) is 0 Å². The molecule has 0 spiro atoms. The van der Waals surface area contributed by atoms with Gasteiger partial charge in [0, 0.05) is 10.6 Å². The van der Waals surface area contributed by atoms with E-state index in [0.29, 0.717) is 21.8 Å². The summed E-state index contributed by atoms with van der Waals surface area (Å²) in [7, 11) is 0. The molecule has 1 heterocycles. The maximum absolute atomic E-state index is 12.2. The van der Waals surface area contributed by atoms with E-state index in [1.807, 2.05) is 30.3 Å². The van der Waals surface area contributed by atoms with E-state index >= 15 is 0 Å². The zero-order valence-electron chi connectivity index (χ0n) is 9.69. The summed E-state index contributed by atoms with van der Waals surface area (Å²) in [5, 5.41) is 0.932. The summed E-state index contributed by atoms with van der Waals surface area (Å²) in [6, 6.07) is 14.2. The van der Waals surface area contributed by atoms with E-state index in [1.54, 1.807) is 18.2 Å². The number of hydrogen-bond acceptors (Lipinski definition) is 2. The van der Waals surface area contributed by atoms with Gasteiger partial charge in [0.1, 0.15) is 10.6 Å². The summed E-state index contributed by atoms with van der Waals surface area (Å²) < 4.78 is 5.72. The van der Waals surface area contributed by atoms with Gasteiger partial charge in [-0.2, -0.15) is 0 Å². The minimum atomic E-state index is -0.274. The van der Waals surface area contributed by atoms with Gasteiger partial charge in [-0.25, -0.2) is 0 Å². The lowest BCUT2D eigenvalue weighted by molar-refractivity contribution is 0.619. The molecule has 3 aromatic rings. The molecule has 0 amide bonds. The second kappa shape index (κ2) is 4.72. The summed E-state index contributed by atoms with van der Waals surface area (Å²) in [6.45, 7) is 0. The van der Waals surface area contributed by atoms with Crippen molar-refractivity contribution in [3.63, 3.8) is 0 Å². The minimum Gasteiger partial charge on any atom is -0.454 e. The standard InChI is InChI=1S/C15H8Cl2O2/c16-10-6-7-12-11(8-10)14(18)13(17)15(19-12)9-4-2-1-3-5-9/h1-8H. The summed E-state index contributed by atoms with van der Waals surface area (Å²) in [4.78, 5) is 12.2. The molecule has 2 nitrogen and oxygen atoms in total. The lowest BCUT2D eigenvalue weighted by Gasteiger charge is -2.05. The zero-order valence-corrected chi connectivity index (χ0v) is 11.2. The Morgan fingerprint density at radius 2 is 1.68 bits per heavy atom. The Hall–Kier alpha value is -1.77. The summed E-state index contributed by atoms with van der Waals surface area (Å²) in [5.41, 5.74) is 0.961. The van der Waals surface area contributed by atoms with Crippen LogP contribution in [0.5, 0.6) is 0 Å². The maximum atomic E-state index is 12.2. The average Bonchev–Trinajstić information content (AvgIpc) is 2.44. The van der Waals surface area contributed by atoms with Crippen LogP contribution >= 0.6 is 23.2 Å². The fraction of sp³-hybridized carbons (Fsp3) is 0. The maximum Gasteiger partial charge on any atom is 0.211 e. The van der Waals surface area contributed by atoms with Crippen LogP contribution in [0.4, 0.5) is 0 Å². The van der Waals surface area contributed by atoms with Crippen LogP contribution in [-0.4, -0.2) is 0 Å². The molecule has 2 aromatic carbocycles. The van der Waals surface area contributed by atoms with Gasteiger partial charge in [-0.3, -0.25) is 4.79 Å². The quantitative estimate of drug-likeness (QED) is 0.646. The molecule has 0 N–H and O–H groups in total. The van der Waals surface area contributed by atoms with Gasteiger partial charge >= 0.3 is 0 Å². The Bertz CT molecular complexity index is 807. The smallest absolute Gasteiger partial charge is 0.211 e. The zero-order chi connectivity index (χ0) is 13.4. The topological polar surface area (TPSA) is 30.2 Å². The Morgan fingerprint density at radius 1 is 0.947 bits per heavy atom. The van der Waals surface area contributed by atoms with Crippen LogP contribution < -0.4 is 5.43 Å². The molecule has 19 heavy (non-hydrogen) atoms. The summed E-state index contributed by atoms with van der Waals surface area (Å²) in [5.74, 6) is 0.377. The SMILES string of the molecule is O=c1c(Cl)c(-c2ccccc2)oc2ccc(Cl)cc12. The first-order valence-corrected chi connectivity index (χ1v) is 6.39. The highest BCUT2D eigenvalue weighted by molar-refractivity contribution is 6.34. The van der Waals surface area contributed by atoms with E-state index in [4.69, 9.17) is 27.6 Å². The van der Waals surface area contributed by atoms with Gasteiger partial charge in [0.2, 0.25) is 5.43 Å². The van der Waals surface area contributed by atoms with Crippen LogP contribution in [0.15, 0.2) is 57.7 Å². The monoisotopic (exact) mass is 290 g/mol. The number of hydrogen-bond donors (Lipinski definition) is 0. The lowest BCUT2D eigenvalue weighted by Crippen LogP contribution is -2.03. The third kappa shape index (κ3) is 2.14. The highest BCUT2D eigenvalue weighted by Gasteiger charge is 2.14. The van der Waals surface area contributed by atoms with Crippen LogP contribution in [0.25, 0.3) is 22.3 Å². The second-order valence-electron chi connectivity index (χ2n) is 4.08. The second-order valence-corrected chi connectivity index (χ2v) is 4.90. The van der Waals surface area contributed by atoms with Crippen LogP contribution in [0.1, 0.15) is 0 Å². The van der Waals surface area contributed by atoms with Gasteiger partial charge in [0.25, 0.3) is 0 Å². The van der Waals surface area contributed by atoms with Gasteiger partial charge < -0.3 is 4.42 Å². The van der Waals surface area contributed by atoms with Crippen LogP contribution in [0, 0.1) is 0 Å². The molecule has 0 radical (unpaired) electrons. The van der Waals surface area contributed by atoms with E-state index in [0.717, 1.165) is 5.56 Å². The van der Waals surface area contributed by atoms with Crippen molar-refractivity contribution < 1.29 is 4.42 Å². The molecule has 0 saturated carbocycles. The fourth-order valence-corrected chi connectivity index (χ4v) is 2.34. The molecule has 0 atom stereocenters. The Kier molecular flexibility index (Phi) is 3.05. The van der Waals surface area contributed by atoms with Gasteiger partial charge in [0.15, 0.2) is 5.76 Å². The number of benzene rings is 2. The van der Waals surface area contributed by atoms with Crippen molar-refractivity contribution in [1.82, 2.24) is 0 Å². The van der Waals surface area contributed by atoms with E-state index in [1.165, 1.54) is 0 Å². The number of fused-ring (bicyclic) bond motifs is 1. The third-order valence-corrected chi connectivity index (χ3v) is 3.41. The molecule has 0 saturated heterocycles. The van der Waals surface area contributed by atoms with Gasteiger partial charge in [-0.05, 0) is 18.2 Å². The predicted octanol–water partition coefficient (Wildman–Crippen LogP) is 4.77. The first kappa shape index (κ1) is 12.3. The van der Waals surface area contributed by atoms with E-state index in [-0.39, 0.29) is 10.5 Å². The Morgan fingerprint density at radius 3 is 2.42 bits per heavy atom. The van der Waals surface area contributed by atoms with E-state index in [9.17, 15) is 4.79 Å². The van der Waals surface area contributed by atoms with Crippen molar-refractivity contribution in [2.24, 2.45) is 0 Å². The van der Waals surface area contributed by atoms with Crippen molar-refractivity contribution in [1.29, 1.82) is 0 Å². The van der Waals surface area contributed by atoms with E-state index < -0.39 is 0 Å². The Balaban J connectivity index is 2.37. The highest BCUT2D eigenvalue weighted by Crippen LogP contribution is 2.29. The average molecular weight is 291 g/mol. The first-order valence-electron chi connectivity index (χ1n) is 5.64. The predicted molar refractivity (Wildman–Crippen MR) is 77.9 cm³/mol. The van der Waals surface area contributed by atoms with Crippen LogP contribution in [0.3, 0.4) is 0 Å². The molecule has 3 rings (SSSR count). The molecule has 1 aromatic heterocycles. The van der Waals surface area contributed by atoms with E-state index in [2.05, 4.69) is 0 Å². The molecular weight excluding hydrogens is 283 g/mol. The molecular formula is C15H8Cl2O2. The van der Waals surface area contributed by atoms with Crippen molar-refractivity contribution in [3.05, 3.63) is 68.8 Å². The third-order valence-electron chi connectivity index (χ3n) is 2.83. The first-order chi connectivity index (χ1) is 9.16. The molecule has 0 aliphatic heterocycles. The molecule has 0 fully saturated rings. The largest absolute Gasteiger partial charge is 0.454 e. The molecule has 0 aliphatic rings. The van der Waals surface area contributed by atoms with Crippen molar-refractivity contribution >= 4 is 34.2 Å². The van der Waals surface area contributed by atoms with Crippen molar-refractivity contribution in [3.8, 4) is 11.3 Å². The van der Waals surface area contributed by atoms with Crippen LogP contribution in [-0.2, 0) is 0 Å². The highest BCUT2D eigenvalue weighted by atomic mass is 35.5. The molecule has 0 unspecified atom stereocenters. The van der Waals surface area contributed by atoms with Gasteiger partial charge in [-0.15, -0.1) is 0 Å². The molecule has 94 valence electrons. The number of halogens is 2. The number of rotatable bonds is 1. The lowest BCUT2D eigenvalue weighted by atomic mass is 10.1. The fourth-order valence-electron chi connectivity index (χ4n) is 1.92. The van der Waals surface area contributed by atoms with Gasteiger partial charge in [0.05, 0.1) is 5.39 Å². The molecule has 0 aliphatic carbocycles. The minimum absolute atomic E-state index is 0.0703. The molecule has 0 bridgehead atoms. The molecule has 4 heteroatoms. The summed E-state index contributed by atoms with van der Waals surface area (Å²) >= 11 is 12.0. The van der Waals surface area contributed by atoms with Gasteiger partial charge in [-0.1, -0.05) is 53.5 Å². The van der Waals surface area contributed by atoms with Crippen LogP contribution in [0.2, 0.25) is 10.0 Å². The summed E-state index contributed by atoms with van der Waals surface area (Å²) in [6.07, 6.45) is 0. The van der Waals surface area contributed by atoms with Crippen molar-refractivity contribution in [2.45, 2.75) is 0 Å².